The highest BCUT2D eigenvalue weighted by atomic mass is 32.2. The second-order valence-electron chi connectivity index (χ2n) is 5.14. The lowest BCUT2D eigenvalue weighted by Gasteiger charge is -2.20. The molecular formula is C14H20N2O4S. The second kappa shape index (κ2) is 6.55. The highest BCUT2D eigenvalue weighted by Gasteiger charge is 2.27. The zero-order valence-electron chi connectivity index (χ0n) is 12.2. The standard InChI is InChI=1S/C14H20N2O4S/c1-16(8-7-14(17)20-2)21(18,19)15-13-9-11-5-3-4-6-12(11)10-13/h3-6,13,15H,7-10H2,1-2H3. The number of fused-ring (bicyclic) bond motifs is 1. The van der Waals surface area contributed by atoms with Gasteiger partial charge in [-0.15, -0.1) is 0 Å². The van der Waals surface area contributed by atoms with Gasteiger partial charge in [-0.3, -0.25) is 4.79 Å². The topological polar surface area (TPSA) is 75.7 Å². The van der Waals surface area contributed by atoms with Crippen molar-refractivity contribution in [3.63, 3.8) is 0 Å². The molecule has 7 heteroatoms. The summed E-state index contributed by atoms with van der Waals surface area (Å²) in [5, 5.41) is 0. The average molecular weight is 312 g/mol. The number of benzene rings is 1. The Balaban J connectivity index is 1.92. The summed E-state index contributed by atoms with van der Waals surface area (Å²) in [7, 11) is -0.855. The molecule has 0 aromatic heterocycles. The van der Waals surface area contributed by atoms with Crippen LogP contribution in [-0.4, -0.2) is 45.4 Å². The van der Waals surface area contributed by atoms with Crippen LogP contribution in [0, 0.1) is 0 Å². The van der Waals surface area contributed by atoms with Gasteiger partial charge in [-0.25, -0.2) is 0 Å². The van der Waals surface area contributed by atoms with E-state index < -0.39 is 16.2 Å². The van der Waals surface area contributed by atoms with E-state index >= 15 is 0 Å². The Kier molecular flexibility index (Phi) is 4.97. The number of esters is 1. The van der Waals surface area contributed by atoms with E-state index in [0.717, 1.165) is 4.31 Å². The fourth-order valence-corrected chi connectivity index (χ4v) is 3.51. The third-order valence-corrected chi connectivity index (χ3v) is 5.27. The van der Waals surface area contributed by atoms with Crippen molar-refractivity contribution in [3.8, 4) is 0 Å². The SMILES string of the molecule is COC(=O)CCN(C)S(=O)(=O)NC1Cc2ccccc2C1. The first-order valence-corrected chi connectivity index (χ1v) is 8.23. The zero-order valence-corrected chi connectivity index (χ0v) is 13.0. The Bertz CT molecular complexity index is 590. The van der Waals surface area contributed by atoms with Gasteiger partial charge in [0.1, 0.15) is 0 Å². The molecule has 0 aliphatic heterocycles. The molecule has 6 nitrogen and oxygen atoms in total. The van der Waals surface area contributed by atoms with Gasteiger partial charge in [0.2, 0.25) is 0 Å². The predicted octanol–water partition coefficient (Wildman–Crippen LogP) is 0.483. The van der Waals surface area contributed by atoms with Gasteiger partial charge in [0, 0.05) is 19.6 Å². The van der Waals surface area contributed by atoms with E-state index in [1.54, 1.807) is 0 Å². The van der Waals surface area contributed by atoms with Crippen LogP contribution in [0.3, 0.4) is 0 Å². The van der Waals surface area contributed by atoms with E-state index in [1.165, 1.54) is 25.3 Å². The largest absolute Gasteiger partial charge is 0.469 e. The van der Waals surface area contributed by atoms with Crippen LogP contribution in [0.1, 0.15) is 17.5 Å². The van der Waals surface area contributed by atoms with Gasteiger partial charge in [-0.1, -0.05) is 24.3 Å². The molecule has 1 aromatic rings. The highest BCUT2D eigenvalue weighted by molar-refractivity contribution is 7.87. The van der Waals surface area contributed by atoms with Crippen LogP contribution in [0.25, 0.3) is 0 Å². The quantitative estimate of drug-likeness (QED) is 0.775. The molecule has 0 atom stereocenters. The minimum Gasteiger partial charge on any atom is -0.469 e. The fourth-order valence-electron chi connectivity index (χ4n) is 2.41. The van der Waals surface area contributed by atoms with Gasteiger partial charge < -0.3 is 4.74 Å². The first-order valence-electron chi connectivity index (χ1n) is 6.79. The summed E-state index contributed by atoms with van der Waals surface area (Å²) in [4.78, 5) is 11.1. The summed E-state index contributed by atoms with van der Waals surface area (Å²) < 4.78 is 32.7. The van der Waals surface area contributed by atoms with Crippen molar-refractivity contribution in [2.75, 3.05) is 20.7 Å². The first-order chi connectivity index (χ1) is 9.92. The van der Waals surface area contributed by atoms with E-state index in [2.05, 4.69) is 9.46 Å². The maximum atomic E-state index is 12.2. The van der Waals surface area contributed by atoms with Gasteiger partial charge in [0.05, 0.1) is 13.5 Å². The molecule has 0 bridgehead atoms. The summed E-state index contributed by atoms with van der Waals surface area (Å²) in [6.45, 7) is 0.0989. The third-order valence-electron chi connectivity index (χ3n) is 3.64. The average Bonchev–Trinajstić information content (AvgIpc) is 2.85. The molecule has 0 heterocycles. The maximum Gasteiger partial charge on any atom is 0.306 e. The molecule has 0 amide bonds. The van der Waals surface area contributed by atoms with Crippen LogP contribution in [-0.2, 0) is 32.6 Å². The number of methoxy groups -OCH3 is 1. The Morgan fingerprint density at radius 2 is 1.90 bits per heavy atom. The van der Waals surface area contributed by atoms with Gasteiger partial charge >= 0.3 is 5.97 Å². The number of nitrogens with one attached hydrogen (secondary N) is 1. The van der Waals surface area contributed by atoms with Crippen LogP contribution in [0.5, 0.6) is 0 Å². The molecule has 1 aliphatic rings. The highest BCUT2D eigenvalue weighted by Crippen LogP contribution is 2.22. The Labute approximate surface area is 125 Å². The number of ether oxygens (including phenoxy) is 1. The van der Waals surface area contributed by atoms with Crippen molar-refractivity contribution >= 4 is 16.2 Å². The van der Waals surface area contributed by atoms with Crippen molar-refractivity contribution < 1.29 is 17.9 Å². The summed E-state index contributed by atoms with van der Waals surface area (Å²) in [5.41, 5.74) is 2.37. The zero-order chi connectivity index (χ0) is 15.5. The van der Waals surface area contributed by atoms with E-state index in [9.17, 15) is 13.2 Å². The fraction of sp³-hybridized carbons (Fsp3) is 0.500. The number of hydrogen-bond donors (Lipinski definition) is 1. The minimum absolute atomic E-state index is 0.0405. The third kappa shape index (κ3) is 4.03. The van der Waals surface area contributed by atoms with Crippen molar-refractivity contribution in [1.82, 2.24) is 9.03 Å². The summed E-state index contributed by atoms with van der Waals surface area (Å²) >= 11 is 0. The normalized spacial score (nSPS) is 15.2. The lowest BCUT2D eigenvalue weighted by atomic mass is 10.1. The monoisotopic (exact) mass is 312 g/mol. The van der Waals surface area contributed by atoms with Crippen LogP contribution in [0.2, 0.25) is 0 Å². The molecule has 1 aliphatic carbocycles. The molecule has 0 unspecified atom stereocenters. The van der Waals surface area contributed by atoms with Crippen molar-refractivity contribution in [2.45, 2.75) is 25.3 Å². The molecule has 0 spiro atoms. The van der Waals surface area contributed by atoms with E-state index in [1.807, 2.05) is 24.3 Å². The molecule has 0 saturated carbocycles. The Hall–Kier alpha value is -1.44. The maximum absolute atomic E-state index is 12.2. The number of hydrogen-bond acceptors (Lipinski definition) is 4. The lowest BCUT2D eigenvalue weighted by Crippen LogP contribution is -2.44. The smallest absolute Gasteiger partial charge is 0.306 e. The Morgan fingerprint density at radius 1 is 1.33 bits per heavy atom. The summed E-state index contributed by atoms with van der Waals surface area (Å²) in [6.07, 6.45) is 1.43. The molecule has 21 heavy (non-hydrogen) atoms. The van der Waals surface area contributed by atoms with Crippen molar-refractivity contribution in [3.05, 3.63) is 35.4 Å². The first kappa shape index (κ1) is 15.9. The number of nitrogens with zero attached hydrogens (tertiary/aromatic N) is 1. The summed E-state index contributed by atoms with van der Waals surface area (Å²) in [5.74, 6) is -0.426. The molecular weight excluding hydrogens is 292 g/mol. The van der Waals surface area contributed by atoms with Crippen LogP contribution >= 0.6 is 0 Å². The van der Waals surface area contributed by atoms with E-state index in [0.29, 0.717) is 12.8 Å². The molecule has 116 valence electrons. The van der Waals surface area contributed by atoms with E-state index in [-0.39, 0.29) is 19.0 Å². The Morgan fingerprint density at radius 3 is 2.43 bits per heavy atom. The van der Waals surface area contributed by atoms with Crippen molar-refractivity contribution in [1.29, 1.82) is 0 Å². The predicted molar refractivity (Wildman–Crippen MR) is 79.0 cm³/mol. The molecule has 1 N–H and O–H groups in total. The molecule has 0 fully saturated rings. The summed E-state index contributed by atoms with van der Waals surface area (Å²) in [6, 6.07) is 7.82. The van der Waals surface area contributed by atoms with Crippen molar-refractivity contribution in [2.24, 2.45) is 0 Å². The number of carbonyl (C=O) groups excluding carboxylic acids is 1. The van der Waals surface area contributed by atoms with Gasteiger partial charge in [0.15, 0.2) is 0 Å². The molecule has 2 rings (SSSR count). The minimum atomic E-state index is -3.59. The molecule has 0 saturated heterocycles. The van der Waals surface area contributed by atoms with Crippen LogP contribution in [0.15, 0.2) is 24.3 Å². The number of carbonyl (C=O) groups is 1. The number of rotatable bonds is 6. The van der Waals surface area contributed by atoms with Crippen LogP contribution in [0.4, 0.5) is 0 Å². The second-order valence-corrected chi connectivity index (χ2v) is 6.95. The van der Waals surface area contributed by atoms with E-state index in [4.69, 9.17) is 0 Å². The van der Waals surface area contributed by atoms with Gasteiger partial charge in [0.25, 0.3) is 10.2 Å². The van der Waals surface area contributed by atoms with Gasteiger partial charge in [-0.2, -0.15) is 17.4 Å². The molecule has 1 aromatic carbocycles. The lowest BCUT2D eigenvalue weighted by molar-refractivity contribution is -0.140. The van der Waals surface area contributed by atoms with Crippen LogP contribution < -0.4 is 4.72 Å². The molecule has 0 radical (unpaired) electrons. The van der Waals surface area contributed by atoms with Gasteiger partial charge in [-0.05, 0) is 24.0 Å².